The van der Waals surface area contributed by atoms with Crippen LogP contribution in [0.4, 0.5) is 0 Å². The fourth-order valence-electron chi connectivity index (χ4n) is 5.78. The summed E-state index contributed by atoms with van der Waals surface area (Å²) in [6.07, 6.45) is 7.25. The Morgan fingerprint density at radius 2 is 2.14 bits per heavy atom. The molecule has 0 aromatic carbocycles. The number of morpholine rings is 1. The zero-order chi connectivity index (χ0) is 19.6. The predicted molar refractivity (Wildman–Crippen MR) is 102 cm³/mol. The summed E-state index contributed by atoms with van der Waals surface area (Å²) in [5.41, 5.74) is 0.495. The minimum atomic E-state index is -0.357. The van der Waals surface area contributed by atoms with E-state index in [2.05, 4.69) is 24.8 Å². The highest BCUT2D eigenvalue weighted by Crippen LogP contribution is 2.52. The van der Waals surface area contributed by atoms with Gasteiger partial charge >= 0.3 is 5.97 Å². The molecule has 0 aromatic rings. The highest BCUT2D eigenvalue weighted by molar-refractivity contribution is 5.93. The lowest BCUT2D eigenvalue weighted by Crippen LogP contribution is -2.49. The highest BCUT2D eigenvalue weighted by Gasteiger charge is 2.56. The summed E-state index contributed by atoms with van der Waals surface area (Å²) in [6, 6.07) is 0.922. The Morgan fingerprint density at radius 1 is 1.32 bits per heavy atom. The molecule has 3 saturated heterocycles. The summed E-state index contributed by atoms with van der Waals surface area (Å²) >= 11 is 0. The lowest BCUT2D eigenvalue weighted by Gasteiger charge is -2.38. The van der Waals surface area contributed by atoms with Crippen LogP contribution in [0, 0.1) is 11.8 Å². The van der Waals surface area contributed by atoms with Crippen molar-refractivity contribution in [1.82, 2.24) is 4.90 Å². The SMILES string of the molecule is CCCC[C@@H]1[C@@H]2C[C@H]3[C@@H]4C(=C[C@H](CN13)O2)O/C(=C1\OC(=O)C(C)=C1OC)[C@@H]4C. The molecule has 6 heteroatoms. The minimum absolute atomic E-state index is 0.0785. The molecule has 28 heavy (non-hydrogen) atoms. The monoisotopic (exact) mass is 387 g/mol. The van der Waals surface area contributed by atoms with E-state index in [9.17, 15) is 4.79 Å². The Kier molecular flexibility index (Phi) is 4.32. The predicted octanol–water partition coefficient (Wildman–Crippen LogP) is 3.26. The molecule has 6 nitrogen and oxygen atoms in total. The standard InChI is InChI=1S/C22H29NO5/c1-5-6-7-14-16-9-15-18-11(2)20(21-19(25-4)12(3)22(24)28-21)27-17(18)8-13(26-16)10-23(14)15/h8,11,13-16,18H,5-7,9-10H2,1-4H3/b21-20-/t11-,13-,14-,15+,16+,18-/m1/s1. The van der Waals surface area contributed by atoms with E-state index in [1.54, 1.807) is 14.0 Å². The summed E-state index contributed by atoms with van der Waals surface area (Å²) in [6.45, 7) is 7.11. The zero-order valence-electron chi connectivity index (χ0n) is 17.1. The summed E-state index contributed by atoms with van der Waals surface area (Å²) in [7, 11) is 1.57. The van der Waals surface area contributed by atoms with Gasteiger partial charge in [0.05, 0.1) is 24.9 Å². The molecule has 152 valence electrons. The number of carbonyl (C=O) groups excluding carboxylic acids is 1. The molecule has 0 aliphatic carbocycles. The third-order valence-electron chi connectivity index (χ3n) is 7.10. The zero-order valence-corrected chi connectivity index (χ0v) is 17.1. The number of esters is 1. The highest BCUT2D eigenvalue weighted by atomic mass is 16.6. The van der Waals surface area contributed by atoms with Crippen molar-refractivity contribution in [2.24, 2.45) is 11.8 Å². The summed E-state index contributed by atoms with van der Waals surface area (Å²) in [4.78, 5) is 14.8. The Labute approximate surface area is 166 Å². The first kappa shape index (κ1) is 18.3. The van der Waals surface area contributed by atoms with Crippen LogP contribution in [0.5, 0.6) is 0 Å². The summed E-state index contributed by atoms with van der Waals surface area (Å²) in [5.74, 6) is 2.67. The van der Waals surface area contributed by atoms with Crippen LogP contribution in [0.15, 0.2) is 34.7 Å². The molecule has 7 atom stereocenters. The topological polar surface area (TPSA) is 57.2 Å². The maximum absolute atomic E-state index is 12.1. The van der Waals surface area contributed by atoms with Crippen molar-refractivity contribution in [2.75, 3.05) is 13.7 Å². The van der Waals surface area contributed by atoms with Crippen LogP contribution in [0.3, 0.4) is 0 Å². The number of cyclic esters (lactones) is 1. The number of nitrogens with zero attached hydrogens (tertiary/aromatic N) is 1. The van der Waals surface area contributed by atoms with Crippen molar-refractivity contribution in [2.45, 2.75) is 70.7 Å². The second kappa shape index (κ2) is 6.63. The number of unbranched alkanes of at least 4 members (excludes halogenated alkanes) is 1. The third-order valence-corrected chi connectivity index (χ3v) is 7.10. The van der Waals surface area contributed by atoms with E-state index < -0.39 is 0 Å². The van der Waals surface area contributed by atoms with E-state index >= 15 is 0 Å². The average Bonchev–Trinajstić information content (AvgIpc) is 3.16. The molecule has 3 bridgehead atoms. The fraction of sp³-hybridized carbons (Fsp3) is 0.682. The minimum Gasteiger partial charge on any atom is -0.492 e. The van der Waals surface area contributed by atoms with Crippen LogP contribution in [-0.4, -0.2) is 48.8 Å². The summed E-state index contributed by atoms with van der Waals surface area (Å²) in [5, 5.41) is 0. The van der Waals surface area contributed by atoms with Crippen LogP contribution in [0.25, 0.3) is 0 Å². The number of allylic oxidation sites excluding steroid dienone is 1. The smallest absolute Gasteiger partial charge is 0.343 e. The van der Waals surface area contributed by atoms with Crippen LogP contribution < -0.4 is 0 Å². The number of hydrogen-bond acceptors (Lipinski definition) is 6. The molecule has 5 heterocycles. The number of ether oxygens (including phenoxy) is 4. The quantitative estimate of drug-likeness (QED) is 0.690. The molecule has 0 N–H and O–H groups in total. The number of carbonyl (C=O) groups is 1. The Morgan fingerprint density at radius 3 is 2.89 bits per heavy atom. The number of methoxy groups -OCH3 is 1. The molecule has 0 saturated carbocycles. The first-order valence-corrected chi connectivity index (χ1v) is 10.6. The van der Waals surface area contributed by atoms with Crippen molar-refractivity contribution >= 4 is 5.97 Å². The summed E-state index contributed by atoms with van der Waals surface area (Å²) < 4.78 is 23.7. The maximum atomic E-state index is 12.1. The van der Waals surface area contributed by atoms with Crippen molar-refractivity contribution < 1.29 is 23.7 Å². The third kappa shape index (κ3) is 2.50. The van der Waals surface area contributed by atoms with Gasteiger partial charge in [0.25, 0.3) is 0 Å². The van der Waals surface area contributed by atoms with E-state index in [1.165, 1.54) is 19.3 Å². The van der Waals surface area contributed by atoms with Gasteiger partial charge in [0, 0.05) is 30.5 Å². The largest absolute Gasteiger partial charge is 0.492 e. The van der Waals surface area contributed by atoms with E-state index in [0.717, 1.165) is 18.7 Å². The fourth-order valence-corrected chi connectivity index (χ4v) is 5.78. The Hall–Kier alpha value is -1.79. The second-order valence-electron chi connectivity index (χ2n) is 8.65. The van der Waals surface area contributed by atoms with Gasteiger partial charge in [-0.15, -0.1) is 0 Å². The van der Waals surface area contributed by atoms with Crippen LogP contribution in [-0.2, 0) is 23.7 Å². The van der Waals surface area contributed by atoms with Crippen LogP contribution in [0.1, 0.15) is 46.5 Å². The van der Waals surface area contributed by atoms with Gasteiger partial charge in [-0.25, -0.2) is 4.79 Å². The van der Waals surface area contributed by atoms with Gasteiger partial charge in [-0.3, -0.25) is 4.90 Å². The second-order valence-corrected chi connectivity index (χ2v) is 8.65. The molecular formula is C22H29NO5. The van der Waals surface area contributed by atoms with Crippen molar-refractivity contribution in [3.63, 3.8) is 0 Å². The Balaban J connectivity index is 1.50. The van der Waals surface area contributed by atoms with Crippen molar-refractivity contribution in [3.05, 3.63) is 34.7 Å². The molecule has 0 radical (unpaired) electrons. The van der Waals surface area contributed by atoms with Gasteiger partial charge in [-0.2, -0.15) is 0 Å². The number of hydrogen-bond donors (Lipinski definition) is 0. The van der Waals surface area contributed by atoms with E-state index in [-0.39, 0.29) is 23.9 Å². The van der Waals surface area contributed by atoms with Crippen LogP contribution in [0.2, 0.25) is 0 Å². The van der Waals surface area contributed by atoms with Gasteiger partial charge in [0.2, 0.25) is 5.76 Å². The first-order chi connectivity index (χ1) is 13.5. The lowest BCUT2D eigenvalue weighted by molar-refractivity contribution is -0.133. The normalized spacial score (nSPS) is 43.6. The number of fused-ring (bicyclic) bond motifs is 4. The van der Waals surface area contributed by atoms with Crippen molar-refractivity contribution in [1.29, 1.82) is 0 Å². The van der Waals surface area contributed by atoms with Gasteiger partial charge < -0.3 is 18.9 Å². The van der Waals surface area contributed by atoms with Crippen molar-refractivity contribution in [3.8, 4) is 0 Å². The van der Waals surface area contributed by atoms with Gasteiger partial charge in [-0.05, 0) is 25.8 Å². The molecule has 0 aromatic heterocycles. The van der Waals surface area contributed by atoms with Crippen LogP contribution >= 0.6 is 0 Å². The molecule has 5 rings (SSSR count). The maximum Gasteiger partial charge on any atom is 0.343 e. The molecule has 1 unspecified atom stereocenters. The molecule has 5 aliphatic rings. The van der Waals surface area contributed by atoms with E-state index in [0.29, 0.717) is 41.0 Å². The Bertz CT molecular complexity index is 797. The van der Waals surface area contributed by atoms with E-state index in [1.807, 2.05) is 0 Å². The lowest BCUT2D eigenvalue weighted by atomic mass is 9.84. The molecular weight excluding hydrogens is 358 g/mol. The van der Waals surface area contributed by atoms with Gasteiger partial charge in [0.15, 0.2) is 11.5 Å². The molecule has 5 aliphatic heterocycles. The molecule has 0 amide bonds. The molecule has 3 fully saturated rings. The first-order valence-electron chi connectivity index (χ1n) is 10.6. The van der Waals surface area contributed by atoms with E-state index in [4.69, 9.17) is 18.9 Å². The van der Waals surface area contributed by atoms with Gasteiger partial charge in [0.1, 0.15) is 5.76 Å². The average molecular weight is 387 g/mol. The van der Waals surface area contributed by atoms with Gasteiger partial charge in [-0.1, -0.05) is 26.7 Å². The number of rotatable bonds is 4. The molecule has 0 spiro atoms.